The largest absolute Gasteiger partial charge is 0.618 e. The van der Waals surface area contributed by atoms with Crippen LogP contribution >= 0.6 is 0 Å². The molecule has 1 N–H and O–H groups in total. The zero-order chi connectivity index (χ0) is 19.6. The van der Waals surface area contributed by atoms with Gasteiger partial charge in [-0.2, -0.15) is 4.73 Å². The summed E-state index contributed by atoms with van der Waals surface area (Å²) in [6.45, 7) is 1.74. The molecule has 0 aliphatic heterocycles. The lowest BCUT2D eigenvalue weighted by atomic mass is 10.2. The lowest BCUT2D eigenvalue weighted by Gasteiger charge is -2.09. The van der Waals surface area contributed by atoms with E-state index < -0.39 is 26.6 Å². The average molecular weight is 386 g/mol. The molecule has 0 atom stereocenters. The third-order valence-electron chi connectivity index (χ3n) is 3.82. The van der Waals surface area contributed by atoms with Crippen LogP contribution in [-0.4, -0.2) is 14.3 Å². The fourth-order valence-electron chi connectivity index (χ4n) is 2.45. The highest BCUT2D eigenvalue weighted by Crippen LogP contribution is 2.19. The van der Waals surface area contributed by atoms with Gasteiger partial charge < -0.3 is 10.5 Å². The number of sulfone groups is 1. The van der Waals surface area contributed by atoms with Gasteiger partial charge >= 0.3 is 5.03 Å². The molecule has 138 valence electrons. The number of carbonyl (C=O) groups excluding carboxylic acids is 1. The van der Waals surface area contributed by atoms with E-state index in [2.05, 4.69) is 5.32 Å². The minimum atomic E-state index is -4.02. The van der Waals surface area contributed by atoms with Crippen LogP contribution < -0.4 is 10.0 Å². The number of halogens is 1. The van der Waals surface area contributed by atoms with E-state index in [4.69, 9.17) is 0 Å². The van der Waals surface area contributed by atoms with E-state index in [0.29, 0.717) is 5.69 Å². The number of amides is 1. The van der Waals surface area contributed by atoms with E-state index in [9.17, 15) is 22.8 Å². The Morgan fingerprint density at radius 2 is 1.78 bits per heavy atom. The van der Waals surface area contributed by atoms with E-state index in [1.54, 1.807) is 19.1 Å². The number of pyridine rings is 1. The monoisotopic (exact) mass is 386 g/mol. The van der Waals surface area contributed by atoms with Gasteiger partial charge in [0.1, 0.15) is 11.4 Å². The van der Waals surface area contributed by atoms with Gasteiger partial charge in [-0.25, -0.2) is 12.8 Å². The number of nitrogens with zero attached hydrogens (tertiary/aromatic N) is 1. The number of rotatable bonds is 4. The van der Waals surface area contributed by atoms with Gasteiger partial charge in [-0.05, 0) is 55.0 Å². The number of carbonyl (C=O) groups is 1. The lowest BCUT2D eigenvalue weighted by molar-refractivity contribution is -0.646. The molecular weight excluding hydrogens is 371 g/mol. The highest BCUT2D eigenvalue weighted by molar-refractivity contribution is 7.91. The topological polar surface area (TPSA) is 90.2 Å². The van der Waals surface area contributed by atoms with Crippen LogP contribution in [0.3, 0.4) is 0 Å². The molecule has 0 saturated carbocycles. The maximum absolute atomic E-state index is 12.9. The molecule has 8 heteroatoms. The summed E-state index contributed by atoms with van der Waals surface area (Å²) in [4.78, 5) is 12.2. The summed E-state index contributed by atoms with van der Waals surface area (Å²) >= 11 is 0. The van der Waals surface area contributed by atoms with Crippen molar-refractivity contribution in [1.82, 2.24) is 0 Å². The number of anilines is 1. The normalized spacial score (nSPS) is 11.2. The van der Waals surface area contributed by atoms with Crippen molar-refractivity contribution in [2.45, 2.75) is 16.8 Å². The summed E-state index contributed by atoms with van der Waals surface area (Å²) in [5.74, 6) is -1.07. The number of benzene rings is 2. The molecule has 0 aliphatic carbocycles. The Hall–Kier alpha value is -3.26. The molecule has 3 rings (SSSR count). The summed E-state index contributed by atoms with van der Waals surface area (Å²) in [6, 6.07) is 13.6. The molecule has 1 heterocycles. The van der Waals surface area contributed by atoms with Crippen molar-refractivity contribution in [1.29, 1.82) is 0 Å². The van der Waals surface area contributed by atoms with Gasteiger partial charge in [0.25, 0.3) is 15.7 Å². The predicted octanol–water partition coefficient (Wildman–Crippen LogP) is 2.85. The molecule has 0 fully saturated rings. The van der Waals surface area contributed by atoms with Crippen LogP contribution in [0.25, 0.3) is 0 Å². The summed E-state index contributed by atoms with van der Waals surface area (Å²) in [7, 11) is -4.02. The van der Waals surface area contributed by atoms with Crippen LogP contribution in [0.1, 0.15) is 15.9 Å². The standard InChI is InChI=1S/C19H15FN2O4S/c1-13-3-2-4-17(11-13)27(25,26)18-10-5-14(12-22(18)24)19(23)21-16-8-6-15(20)7-9-16/h2-12H,1H3,(H,21,23). The molecule has 0 unspecified atom stereocenters. The first-order valence-corrected chi connectivity index (χ1v) is 9.37. The summed E-state index contributed by atoms with van der Waals surface area (Å²) in [6.07, 6.45) is 0.890. The van der Waals surface area contributed by atoms with Crippen LogP contribution in [0.2, 0.25) is 0 Å². The molecule has 1 amide bonds. The third-order valence-corrected chi connectivity index (χ3v) is 5.56. The predicted molar refractivity (Wildman–Crippen MR) is 96.4 cm³/mol. The molecular formula is C19H15FN2O4S. The number of aryl methyl sites for hydroxylation is 1. The maximum atomic E-state index is 12.9. The fourth-order valence-corrected chi connectivity index (χ4v) is 3.83. The van der Waals surface area contributed by atoms with Gasteiger partial charge in [0, 0.05) is 11.8 Å². The molecule has 6 nitrogen and oxygen atoms in total. The van der Waals surface area contributed by atoms with Gasteiger partial charge in [-0.3, -0.25) is 4.79 Å². The summed E-state index contributed by atoms with van der Waals surface area (Å²) in [5, 5.41) is 14.3. The number of hydrogen-bond acceptors (Lipinski definition) is 4. The first-order chi connectivity index (χ1) is 12.8. The van der Waals surface area contributed by atoms with E-state index in [1.165, 1.54) is 42.5 Å². The molecule has 0 radical (unpaired) electrons. The van der Waals surface area contributed by atoms with Crippen molar-refractivity contribution in [2.24, 2.45) is 0 Å². The Balaban J connectivity index is 1.89. The zero-order valence-electron chi connectivity index (χ0n) is 14.2. The van der Waals surface area contributed by atoms with Crippen LogP contribution in [0.4, 0.5) is 10.1 Å². The van der Waals surface area contributed by atoms with E-state index in [1.807, 2.05) is 0 Å². The smallest absolute Gasteiger partial charge is 0.313 e. The van der Waals surface area contributed by atoms with Crippen LogP contribution in [0, 0.1) is 17.9 Å². The van der Waals surface area contributed by atoms with Crippen molar-refractivity contribution >= 4 is 21.4 Å². The van der Waals surface area contributed by atoms with Crippen LogP contribution in [-0.2, 0) is 9.84 Å². The Labute approximate surface area is 155 Å². The summed E-state index contributed by atoms with van der Waals surface area (Å²) < 4.78 is 38.4. The summed E-state index contributed by atoms with van der Waals surface area (Å²) in [5.41, 5.74) is 1.05. The first-order valence-electron chi connectivity index (χ1n) is 7.89. The molecule has 1 aromatic heterocycles. The second-order valence-electron chi connectivity index (χ2n) is 5.86. The van der Waals surface area contributed by atoms with E-state index >= 15 is 0 Å². The van der Waals surface area contributed by atoms with Gasteiger partial charge in [0.05, 0.1) is 4.90 Å². The SMILES string of the molecule is Cc1cccc(S(=O)(=O)c2ccc(C(=O)Nc3ccc(F)cc3)c[n+]2[O-])c1. The zero-order valence-corrected chi connectivity index (χ0v) is 15.0. The second kappa shape index (κ2) is 7.16. The van der Waals surface area contributed by atoms with Crippen molar-refractivity contribution in [2.75, 3.05) is 5.32 Å². The van der Waals surface area contributed by atoms with Gasteiger partial charge in [-0.15, -0.1) is 0 Å². The van der Waals surface area contributed by atoms with Crippen LogP contribution in [0.5, 0.6) is 0 Å². The highest BCUT2D eigenvalue weighted by Gasteiger charge is 2.27. The molecule has 0 saturated heterocycles. The van der Waals surface area contributed by atoms with Gasteiger partial charge in [-0.1, -0.05) is 12.1 Å². The van der Waals surface area contributed by atoms with Gasteiger partial charge in [0.2, 0.25) is 0 Å². The maximum Gasteiger partial charge on any atom is 0.313 e. The minimum absolute atomic E-state index is 0.00406. The van der Waals surface area contributed by atoms with E-state index in [0.717, 1.165) is 17.8 Å². The molecule has 0 bridgehead atoms. The van der Waals surface area contributed by atoms with Crippen molar-refractivity contribution in [3.05, 3.63) is 89.0 Å². The molecule has 0 aliphatic rings. The molecule has 2 aromatic carbocycles. The Morgan fingerprint density at radius 3 is 2.41 bits per heavy atom. The van der Waals surface area contributed by atoms with Crippen molar-refractivity contribution in [3.8, 4) is 0 Å². The number of nitrogens with one attached hydrogen (secondary N) is 1. The Bertz CT molecular complexity index is 1110. The molecule has 3 aromatic rings. The van der Waals surface area contributed by atoms with Crippen molar-refractivity contribution in [3.63, 3.8) is 0 Å². The highest BCUT2D eigenvalue weighted by atomic mass is 32.2. The van der Waals surface area contributed by atoms with Crippen LogP contribution in [0.15, 0.2) is 76.8 Å². The first kappa shape index (κ1) is 18.5. The third kappa shape index (κ3) is 3.95. The van der Waals surface area contributed by atoms with Gasteiger partial charge in [0.15, 0.2) is 6.20 Å². The number of aromatic nitrogens is 1. The fraction of sp³-hybridized carbons (Fsp3) is 0.0526. The molecule has 0 spiro atoms. The Kier molecular flexibility index (Phi) is 4.91. The second-order valence-corrected chi connectivity index (χ2v) is 7.76. The van der Waals surface area contributed by atoms with Crippen molar-refractivity contribution < 1.29 is 22.3 Å². The minimum Gasteiger partial charge on any atom is -0.618 e. The van der Waals surface area contributed by atoms with E-state index in [-0.39, 0.29) is 15.2 Å². The Morgan fingerprint density at radius 1 is 1.07 bits per heavy atom. The molecule has 27 heavy (non-hydrogen) atoms. The number of hydrogen-bond donors (Lipinski definition) is 1. The average Bonchev–Trinajstić information content (AvgIpc) is 2.63. The lowest BCUT2D eigenvalue weighted by Crippen LogP contribution is -2.35. The quantitative estimate of drug-likeness (QED) is 0.551.